The van der Waals surface area contributed by atoms with Crippen molar-refractivity contribution < 1.29 is 38.4 Å². The van der Waals surface area contributed by atoms with Crippen molar-refractivity contribution in [3.05, 3.63) is 25.0 Å². The van der Waals surface area contributed by atoms with E-state index < -0.39 is 29.6 Å². The zero-order chi connectivity index (χ0) is 21.6. The van der Waals surface area contributed by atoms with Gasteiger partial charge in [-0.3, -0.25) is 9.59 Å². The summed E-state index contributed by atoms with van der Waals surface area (Å²) in [6, 6.07) is 0. The number of carbonyl (C=O) groups excluding carboxylic acids is 3. The quantitative estimate of drug-likeness (QED) is 0.0900. The molecule has 0 aromatic heterocycles. The average Bonchev–Trinajstić information content (AvgIpc) is 2.62. The molecule has 0 aliphatic rings. The molecule has 1 N–H and O–H groups in total. The first-order valence-electron chi connectivity index (χ1n) is 8.93. The number of carbonyl (C=O) groups is 3. The van der Waals surface area contributed by atoms with Gasteiger partial charge < -0.3 is 19.5 Å². The molecular weight excluding hydrogens is 370 g/mol. The molecule has 0 aliphatic carbocycles. The fraction of sp³-hybridized carbons (Fsp3) is 0.632. The molecule has 0 bridgehead atoms. The molecule has 0 radical (unpaired) electrons. The summed E-state index contributed by atoms with van der Waals surface area (Å²) in [4.78, 5) is 45.1. The Morgan fingerprint density at radius 2 is 1.86 bits per heavy atom. The van der Waals surface area contributed by atoms with Gasteiger partial charge in [0.05, 0.1) is 18.1 Å². The number of nitrogens with one attached hydrogen (secondary N) is 1. The summed E-state index contributed by atoms with van der Waals surface area (Å²) < 4.78 is 14.9. The largest absolute Gasteiger partial charge is 0.461 e. The van der Waals surface area contributed by atoms with Crippen molar-refractivity contribution in [2.24, 2.45) is 5.41 Å². The van der Waals surface area contributed by atoms with E-state index in [1.54, 1.807) is 20.8 Å². The molecule has 1 unspecified atom stereocenters. The van der Waals surface area contributed by atoms with Crippen LogP contribution in [-0.2, 0) is 33.6 Å². The number of esters is 2. The molecule has 0 saturated carbocycles. The van der Waals surface area contributed by atoms with Gasteiger partial charge in [-0.2, -0.15) is 0 Å². The highest BCUT2D eigenvalue weighted by molar-refractivity contribution is 5.76. The number of hydrogen-bond acceptors (Lipinski definition) is 8. The first-order chi connectivity index (χ1) is 13.1. The van der Waals surface area contributed by atoms with Gasteiger partial charge in [0.1, 0.15) is 19.8 Å². The number of alkyl carbamates (subject to hydrolysis) is 1. The minimum Gasteiger partial charge on any atom is -0.461 e. The molecule has 0 aromatic carbocycles. The predicted octanol–water partition coefficient (Wildman–Crippen LogP) is 2.66. The van der Waals surface area contributed by atoms with Crippen LogP contribution in [0.1, 0.15) is 40.5 Å². The predicted molar refractivity (Wildman–Crippen MR) is 101 cm³/mol. The molecule has 0 fully saturated rings. The van der Waals surface area contributed by atoms with Crippen molar-refractivity contribution in [3.63, 3.8) is 0 Å². The fourth-order valence-electron chi connectivity index (χ4n) is 1.50. The third-order valence-corrected chi connectivity index (χ3v) is 3.57. The summed E-state index contributed by atoms with van der Waals surface area (Å²) in [7, 11) is 0. The van der Waals surface area contributed by atoms with E-state index in [0.29, 0.717) is 6.42 Å². The fourth-order valence-corrected chi connectivity index (χ4v) is 1.50. The van der Waals surface area contributed by atoms with Crippen molar-refractivity contribution in [1.82, 2.24) is 5.32 Å². The Labute approximate surface area is 165 Å². The van der Waals surface area contributed by atoms with Crippen LogP contribution < -0.4 is 5.32 Å². The lowest BCUT2D eigenvalue weighted by Crippen LogP contribution is -2.37. The Morgan fingerprint density at radius 3 is 2.43 bits per heavy atom. The van der Waals surface area contributed by atoms with Crippen molar-refractivity contribution in [2.75, 3.05) is 26.4 Å². The van der Waals surface area contributed by atoms with Crippen LogP contribution in [0.4, 0.5) is 4.79 Å². The number of rotatable bonds is 14. The van der Waals surface area contributed by atoms with Gasteiger partial charge >= 0.3 is 18.0 Å². The summed E-state index contributed by atoms with van der Waals surface area (Å²) in [6.45, 7) is 13.9. The van der Waals surface area contributed by atoms with Crippen LogP contribution in [0.2, 0.25) is 0 Å². The number of ether oxygens (including phenoxy) is 3. The van der Waals surface area contributed by atoms with Crippen LogP contribution >= 0.6 is 0 Å². The van der Waals surface area contributed by atoms with Gasteiger partial charge in [-0.25, -0.2) is 14.6 Å². The highest BCUT2D eigenvalue weighted by Crippen LogP contribution is 2.21. The molecule has 0 spiro atoms. The Kier molecular flexibility index (Phi) is 12.6. The van der Waals surface area contributed by atoms with E-state index in [-0.39, 0.29) is 32.8 Å². The summed E-state index contributed by atoms with van der Waals surface area (Å²) >= 11 is 0. The second-order valence-corrected chi connectivity index (χ2v) is 6.70. The molecule has 160 valence electrons. The topological polar surface area (TPSA) is 109 Å². The van der Waals surface area contributed by atoms with E-state index in [0.717, 1.165) is 11.8 Å². The van der Waals surface area contributed by atoms with Gasteiger partial charge in [0.25, 0.3) is 0 Å². The maximum Gasteiger partial charge on any atom is 0.407 e. The molecule has 0 heterocycles. The van der Waals surface area contributed by atoms with Crippen LogP contribution in [-0.4, -0.2) is 50.5 Å². The molecule has 9 heteroatoms. The monoisotopic (exact) mass is 401 g/mol. The molecule has 1 atom stereocenters. The molecule has 9 nitrogen and oxygen atoms in total. The van der Waals surface area contributed by atoms with E-state index in [1.807, 2.05) is 6.92 Å². The van der Waals surface area contributed by atoms with E-state index in [9.17, 15) is 14.4 Å². The Morgan fingerprint density at radius 1 is 1.18 bits per heavy atom. The van der Waals surface area contributed by atoms with Gasteiger partial charge in [0.15, 0.2) is 6.10 Å². The lowest BCUT2D eigenvalue weighted by molar-refractivity contribution is -0.300. The van der Waals surface area contributed by atoms with Crippen molar-refractivity contribution >= 4 is 18.0 Å². The van der Waals surface area contributed by atoms with E-state index in [1.165, 1.54) is 0 Å². The zero-order valence-electron chi connectivity index (χ0n) is 17.1. The highest BCUT2D eigenvalue weighted by Gasteiger charge is 2.28. The van der Waals surface area contributed by atoms with Gasteiger partial charge in [0.2, 0.25) is 0 Å². The lowest BCUT2D eigenvalue weighted by Gasteiger charge is -2.23. The molecule has 0 rings (SSSR count). The lowest BCUT2D eigenvalue weighted by atomic mass is 9.91. The van der Waals surface area contributed by atoms with E-state index in [4.69, 9.17) is 19.2 Å². The van der Waals surface area contributed by atoms with Crippen molar-refractivity contribution in [3.8, 4) is 0 Å². The molecule has 28 heavy (non-hydrogen) atoms. The Bertz CT molecular complexity index is 544. The van der Waals surface area contributed by atoms with Crippen LogP contribution in [0.25, 0.3) is 0 Å². The minimum atomic E-state index is -0.901. The average molecular weight is 401 g/mol. The number of amides is 1. The van der Waals surface area contributed by atoms with E-state index in [2.05, 4.69) is 23.2 Å². The molecule has 0 saturated heterocycles. The Hall–Kier alpha value is -2.39. The summed E-state index contributed by atoms with van der Waals surface area (Å²) in [5.74, 6) is -0.960. The van der Waals surface area contributed by atoms with E-state index >= 15 is 0 Å². The van der Waals surface area contributed by atoms with Crippen LogP contribution in [0, 0.1) is 5.41 Å². The highest BCUT2D eigenvalue weighted by atomic mass is 17.2. The van der Waals surface area contributed by atoms with Crippen LogP contribution in [0.3, 0.4) is 0 Å². The van der Waals surface area contributed by atoms with Gasteiger partial charge in [-0.1, -0.05) is 25.7 Å². The van der Waals surface area contributed by atoms with Gasteiger partial charge in [-0.05, 0) is 27.2 Å². The van der Waals surface area contributed by atoms with Crippen LogP contribution in [0.5, 0.6) is 0 Å². The summed E-state index contributed by atoms with van der Waals surface area (Å²) in [6.07, 6.45) is -0.154. The maximum atomic E-state index is 12.1. The third kappa shape index (κ3) is 12.1. The summed E-state index contributed by atoms with van der Waals surface area (Å²) in [5.41, 5.74) is 0.0908. The molecule has 0 aliphatic heterocycles. The smallest absolute Gasteiger partial charge is 0.407 e. The van der Waals surface area contributed by atoms with Gasteiger partial charge in [0, 0.05) is 6.54 Å². The van der Waals surface area contributed by atoms with Crippen molar-refractivity contribution in [1.29, 1.82) is 0 Å². The standard InChI is InChI=1S/C19H31NO8/c1-7-19(5,6)17(22)25-12-15(13-27-26-11-14(3)4)28-18(23)20-10-9-16(21)24-8-2/h8,15H,2-3,7,9-13H2,1,4-6H3,(H,20,23). The second-order valence-electron chi connectivity index (χ2n) is 6.70. The van der Waals surface area contributed by atoms with Crippen LogP contribution in [0.15, 0.2) is 25.0 Å². The molecule has 0 aromatic rings. The molecular formula is C19H31NO8. The first-order valence-corrected chi connectivity index (χ1v) is 8.93. The molecule has 1 amide bonds. The third-order valence-electron chi connectivity index (χ3n) is 3.57. The number of hydrogen-bond donors (Lipinski definition) is 1. The summed E-state index contributed by atoms with van der Waals surface area (Å²) in [5, 5.41) is 2.39. The normalized spacial score (nSPS) is 11.9. The first kappa shape index (κ1) is 25.6. The second kappa shape index (κ2) is 13.7. The zero-order valence-corrected chi connectivity index (χ0v) is 17.1. The minimum absolute atomic E-state index is 0.00783. The van der Waals surface area contributed by atoms with Crippen molar-refractivity contribution in [2.45, 2.75) is 46.6 Å². The SMILES string of the molecule is C=COC(=O)CCNC(=O)OC(COOCC(=C)C)COC(=O)C(C)(C)CC. The van der Waals surface area contributed by atoms with Gasteiger partial charge in [-0.15, -0.1) is 0 Å². The Balaban J connectivity index is 4.54. The maximum absolute atomic E-state index is 12.1.